The van der Waals surface area contributed by atoms with Crippen LogP contribution >= 0.6 is 0 Å². The van der Waals surface area contributed by atoms with E-state index in [1.165, 1.54) is 11.1 Å². The molecule has 5 atom stereocenters. The first kappa shape index (κ1) is 31.3. The monoisotopic (exact) mass is 582 g/mol. The normalized spacial score (nSPS) is 22.5. The molecule has 1 fully saturated rings. The molecular formula is C32H38O10. The van der Waals surface area contributed by atoms with E-state index in [4.69, 9.17) is 23.4 Å². The zero-order valence-corrected chi connectivity index (χ0v) is 23.9. The van der Waals surface area contributed by atoms with Crippen LogP contribution in [0.1, 0.15) is 39.2 Å². The largest absolute Gasteiger partial charge is 0.489 e. The SMILES string of the molecule is CC(C)=CCC/C(C)=C/COc1ccc2c(OCc3ccccc3)c(O[C@H]3O[C@H](CO)[C@@H](O)[C@H](O)[C@@H]3O)c(=O)oc2c1. The first-order valence-electron chi connectivity index (χ1n) is 13.8. The molecule has 2 heterocycles. The molecule has 0 unspecified atom stereocenters. The van der Waals surface area contributed by atoms with Gasteiger partial charge in [0.25, 0.3) is 5.75 Å². The Morgan fingerprint density at radius 2 is 1.69 bits per heavy atom. The van der Waals surface area contributed by atoms with Gasteiger partial charge in [0.15, 0.2) is 5.75 Å². The third-order valence-corrected chi connectivity index (χ3v) is 6.87. The summed E-state index contributed by atoms with van der Waals surface area (Å²) < 4.78 is 28.6. The van der Waals surface area contributed by atoms with Crippen LogP contribution in [0.5, 0.6) is 17.2 Å². The van der Waals surface area contributed by atoms with Crippen molar-refractivity contribution in [3.8, 4) is 17.2 Å². The van der Waals surface area contributed by atoms with Crippen LogP contribution in [0.4, 0.5) is 0 Å². The van der Waals surface area contributed by atoms with Crippen LogP contribution in [0.3, 0.4) is 0 Å². The van der Waals surface area contributed by atoms with E-state index in [1.807, 2.05) is 36.4 Å². The Bertz CT molecular complexity index is 1440. The second-order valence-electron chi connectivity index (χ2n) is 10.5. The molecule has 226 valence electrons. The molecule has 42 heavy (non-hydrogen) atoms. The summed E-state index contributed by atoms with van der Waals surface area (Å²) in [5.41, 5.74) is 2.57. The first-order valence-corrected chi connectivity index (χ1v) is 13.8. The van der Waals surface area contributed by atoms with Crippen LogP contribution in [0.15, 0.2) is 81.0 Å². The lowest BCUT2D eigenvalue weighted by Crippen LogP contribution is -2.60. The van der Waals surface area contributed by atoms with Crippen molar-refractivity contribution in [2.75, 3.05) is 13.2 Å². The Morgan fingerprint density at radius 1 is 0.929 bits per heavy atom. The Labute approximate surface area is 244 Å². The summed E-state index contributed by atoms with van der Waals surface area (Å²) in [7, 11) is 0. The Kier molecular flexibility index (Phi) is 10.8. The number of fused-ring (bicyclic) bond motifs is 1. The molecule has 2 aromatic carbocycles. The van der Waals surface area contributed by atoms with E-state index in [-0.39, 0.29) is 17.9 Å². The van der Waals surface area contributed by atoms with E-state index in [9.17, 15) is 25.2 Å². The van der Waals surface area contributed by atoms with Crippen LogP contribution in [-0.2, 0) is 11.3 Å². The van der Waals surface area contributed by atoms with Crippen molar-refractivity contribution >= 4 is 11.0 Å². The highest BCUT2D eigenvalue weighted by atomic mass is 16.7. The molecule has 0 amide bonds. The molecule has 10 heteroatoms. The van der Waals surface area contributed by atoms with E-state index in [2.05, 4.69) is 26.8 Å². The molecule has 1 aromatic heterocycles. The topological polar surface area (TPSA) is 148 Å². The smallest absolute Gasteiger partial charge is 0.383 e. The van der Waals surface area contributed by atoms with Crippen molar-refractivity contribution in [3.63, 3.8) is 0 Å². The van der Waals surface area contributed by atoms with Gasteiger partial charge in [-0.1, -0.05) is 47.6 Å². The molecule has 0 aliphatic carbocycles. The number of rotatable bonds is 12. The number of hydrogen-bond acceptors (Lipinski definition) is 10. The summed E-state index contributed by atoms with van der Waals surface area (Å²) in [6.07, 6.45) is -1.73. The molecule has 3 aromatic rings. The molecule has 4 N–H and O–H groups in total. The fraction of sp³-hybridized carbons (Fsp3) is 0.406. The summed E-state index contributed by atoms with van der Waals surface area (Å²) in [6, 6.07) is 14.2. The molecule has 1 saturated heterocycles. The molecule has 10 nitrogen and oxygen atoms in total. The fourth-order valence-corrected chi connectivity index (χ4v) is 4.45. The summed E-state index contributed by atoms with van der Waals surface area (Å²) >= 11 is 0. The predicted octanol–water partition coefficient (Wildman–Crippen LogP) is 3.62. The van der Waals surface area contributed by atoms with Gasteiger partial charge in [0, 0.05) is 6.07 Å². The highest BCUT2D eigenvalue weighted by molar-refractivity contribution is 5.86. The predicted molar refractivity (Wildman–Crippen MR) is 156 cm³/mol. The minimum Gasteiger partial charge on any atom is -0.489 e. The van der Waals surface area contributed by atoms with Gasteiger partial charge in [-0.3, -0.25) is 0 Å². The molecule has 0 radical (unpaired) electrons. The summed E-state index contributed by atoms with van der Waals surface area (Å²) in [4.78, 5) is 13.2. The van der Waals surface area contributed by atoms with Crippen molar-refractivity contribution in [1.82, 2.24) is 0 Å². The van der Waals surface area contributed by atoms with Gasteiger partial charge in [0.2, 0.25) is 6.29 Å². The summed E-state index contributed by atoms with van der Waals surface area (Å²) in [5.74, 6) is 0.116. The van der Waals surface area contributed by atoms with Gasteiger partial charge >= 0.3 is 5.63 Å². The second-order valence-corrected chi connectivity index (χ2v) is 10.5. The quantitative estimate of drug-likeness (QED) is 0.184. The maximum atomic E-state index is 13.2. The molecule has 0 bridgehead atoms. The fourth-order valence-electron chi connectivity index (χ4n) is 4.45. The Balaban J connectivity index is 1.61. The van der Waals surface area contributed by atoms with Gasteiger partial charge in [0.1, 0.15) is 49.0 Å². The van der Waals surface area contributed by atoms with Gasteiger partial charge in [-0.25, -0.2) is 4.79 Å². The second kappa shape index (κ2) is 14.5. The van der Waals surface area contributed by atoms with Gasteiger partial charge in [-0.15, -0.1) is 0 Å². The average Bonchev–Trinajstić information content (AvgIpc) is 2.97. The van der Waals surface area contributed by atoms with Crippen molar-refractivity contribution in [2.24, 2.45) is 0 Å². The number of aliphatic hydroxyl groups excluding tert-OH is 4. The Morgan fingerprint density at radius 3 is 2.40 bits per heavy atom. The number of allylic oxidation sites excluding steroid dienone is 3. The van der Waals surface area contributed by atoms with E-state index in [0.29, 0.717) is 17.7 Å². The van der Waals surface area contributed by atoms with Gasteiger partial charge in [-0.05, 0) is 57.4 Å². The van der Waals surface area contributed by atoms with E-state index < -0.39 is 48.7 Å². The van der Waals surface area contributed by atoms with Crippen LogP contribution in [0.25, 0.3) is 11.0 Å². The molecule has 0 saturated carbocycles. The number of aliphatic hydroxyl groups is 4. The summed E-state index contributed by atoms with van der Waals surface area (Å²) in [6.45, 7) is 5.97. The lowest BCUT2D eigenvalue weighted by molar-refractivity contribution is -0.278. The maximum absolute atomic E-state index is 13.2. The first-order chi connectivity index (χ1) is 20.2. The molecule has 0 spiro atoms. The maximum Gasteiger partial charge on any atom is 0.383 e. The summed E-state index contributed by atoms with van der Waals surface area (Å²) in [5, 5.41) is 40.7. The molecular weight excluding hydrogens is 544 g/mol. The molecule has 1 aliphatic heterocycles. The molecule has 1 aliphatic rings. The molecule has 4 rings (SSSR count). The average molecular weight is 583 g/mol. The number of ether oxygens (including phenoxy) is 4. The van der Waals surface area contributed by atoms with Crippen LogP contribution in [0.2, 0.25) is 0 Å². The van der Waals surface area contributed by atoms with Crippen molar-refractivity contribution in [3.05, 3.63) is 87.8 Å². The number of hydrogen-bond donors (Lipinski definition) is 4. The van der Waals surface area contributed by atoms with Crippen molar-refractivity contribution < 1.29 is 43.8 Å². The highest BCUT2D eigenvalue weighted by Gasteiger charge is 2.45. The Hall–Kier alpha value is -3.67. The lowest BCUT2D eigenvalue weighted by atomic mass is 9.99. The van der Waals surface area contributed by atoms with E-state index in [1.54, 1.807) is 18.2 Å². The minimum atomic E-state index is -1.73. The van der Waals surface area contributed by atoms with E-state index in [0.717, 1.165) is 18.4 Å². The van der Waals surface area contributed by atoms with Crippen LogP contribution in [0, 0.1) is 0 Å². The van der Waals surface area contributed by atoms with Crippen LogP contribution in [-0.4, -0.2) is 64.3 Å². The van der Waals surface area contributed by atoms with Crippen molar-refractivity contribution in [2.45, 2.75) is 70.9 Å². The van der Waals surface area contributed by atoms with Gasteiger partial charge in [0.05, 0.1) is 12.0 Å². The van der Waals surface area contributed by atoms with Gasteiger partial charge < -0.3 is 43.8 Å². The van der Waals surface area contributed by atoms with Crippen LogP contribution < -0.4 is 19.8 Å². The standard InChI is InChI=1S/C32H38O10/c1-19(2)8-7-9-20(3)14-15-38-22-12-13-23-24(16-22)40-31(37)30(29(23)39-18-21-10-5-4-6-11-21)42-32-28(36)27(35)26(34)25(17-33)41-32/h4-6,8,10-14,16,25-28,32-36H,7,9,15,17-18H2,1-3H3/b20-14+/t25-,26-,27+,28+,32-/m1/s1. The van der Waals surface area contributed by atoms with Crippen molar-refractivity contribution in [1.29, 1.82) is 0 Å². The van der Waals surface area contributed by atoms with E-state index >= 15 is 0 Å². The van der Waals surface area contributed by atoms with Gasteiger partial charge in [-0.2, -0.15) is 0 Å². The zero-order chi connectivity index (χ0) is 30.2. The third-order valence-electron chi connectivity index (χ3n) is 6.87. The number of benzene rings is 2. The highest BCUT2D eigenvalue weighted by Crippen LogP contribution is 2.37. The zero-order valence-electron chi connectivity index (χ0n) is 23.9. The third kappa shape index (κ3) is 7.78. The lowest BCUT2D eigenvalue weighted by Gasteiger charge is -2.39. The minimum absolute atomic E-state index is 0.0311.